The molecule has 0 aliphatic heterocycles. The molecule has 1 aromatic carbocycles. The molecule has 1 aromatic heterocycles. The van der Waals surface area contributed by atoms with Gasteiger partial charge in [-0.3, -0.25) is 4.79 Å². The van der Waals surface area contributed by atoms with Gasteiger partial charge < -0.3 is 5.11 Å². The van der Waals surface area contributed by atoms with Gasteiger partial charge >= 0.3 is 0 Å². The number of benzene rings is 1. The fraction of sp³-hybridized carbons (Fsp3) is 0.200. The van der Waals surface area contributed by atoms with E-state index >= 15 is 0 Å². The maximum Gasteiger partial charge on any atom is 0.248 e. The lowest BCUT2D eigenvalue weighted by molar-refractivity contribution is -0.673. The van der Waals surface area contributed by atoms with E-state index in [1.807, 2.05) is 55.1 Å². The van der Waals surface area contributed by atoms with Gasteiger partial charge in [-0.2, -0.15) is 4.57 Å². The molecule has 0 spiro atoms. The Kier molecular flexibility index (Phi) is 5.06. The number of phenolic OH excluding ortho intramolecular Hbond substituents is 1. The molecular formula is C15H18NO2+. The van der Waals surface area contributed by atoms with E-state index in [0.717, 1.165) is 5.69 Å². The molecule has 3 heteroatoms. The Hall–Kier alpha value is -2.16. The van der Waals surface area contributed by atoms with Gasteiger partial charge in [0.25, 0.3) is 0 Å². The molecular weight excluding hydrogens is 226 g/mol. The van der Waals surface area contributed by atoms with E-state index in [4.69, 9.17) is 5.11 Å². The second kappa shape index (κ2) is 6.55. The Balaban J connectivity index is 0.000000184. The third kappa shape index (κ3) is 4.37. The summed E-state index contributed by atoms with van der Waals surface area (Å²) in [6.45, 7) is 3.55. The summed E-state index contributed by atoms with van der Waals surface area (Å²) in [7, 11) is 1.86. The zero-order valence-corrected chi connectivity index (χ0v) is 10.9. The fourth-order valence-electron chi connectivity index (χ4n) is 1.43. The van der Waals surface area contributed by atoms with Crippen LogP contribution >= 0.6 is 0 Å². The molecule has 94 valence electrons. The number of nitrogens with zero attached hydrogens (tertiary/aromatic N) is 1. The lowest BCUT2D eigenvalue weighted by Crippen LogP contribution is -2.34. The molecule has 1 N–H and O–H groups in total. The van der Waals surface area contributed by atoms with E-state index in [9.17, 15) is 4.79 Å². The van der Waals surface area contributed by atoms with Crippen molar-refractivity contribution < 1.29 is 14.5 Å². The highest BCUT2D eigenvalue weighted by molar-refractivity contribution is 5.90. The summed E-state index contributed by atoms with van der Waals surface area (Å²) in [6.07, 6.45) is 1.86. The normalized spacial score (nSPS) is 9.28. The predicted molar refractivity (Wildman–Crippen MR) is 70.5 cm³/mol. The smallest absolute Gasteiger partial charge is 0.248 e. The Morgan fingerprint density at radius 1 is 1.11 bits per heavy atom. The summed E-state index contributed by atoms with van der Waals surface area (Å²) in [6, 6.07) is 12.7. The maximum atomic E-state index is 10.8. The number of aryl methyl sites for hydroxylation is 2. The number of Topliss-reactive ketones (excluding diaryl/α,β-unsaturated/α-hetero) is 1. The standard InChI is InChI=1S/C8H10NO.C7H8O/c1-7(10)8-5-3-4-6-9(8)2;1-6-2-4-7(8)5-3-6/h3-6H,1-2H3;2-5,8H,1H3/q+1;. The fourth-order valence-corrected chi connectivity index (χ4v) is 1.43. The van der Waals surface area contributed by atoms with Crippen LogP contribution in [0.15, 0.2) is 48.7 Å². The number of carbonyl (C=O) groups excluding carboxylic acids is 1. The van der Waals surface area contributed by atoms with Crippen LogP contribution in [-0.2, 0) is 7.05 Å². The van der Waals surface area contributed by atoms with Crippen molar-refractivity contribution in [2.75, 3.05) is 0 Å². The molecule has 2 aromatic rings. The highest BCUT2D eigenvalue weighted by Crippen LogP contribution is 2.07. The average molecular weight is 244 g/mol. The predicted octanol–water partition coefficient (Wildman–Crippen LogP) is 2.41. The number of rotatable bonds is 1. The van der Waals surface area contributed by atoms with Gasteiger partial charge in [0.05, 0.1) is 0 Å². The number of hydrogen-bond donors (Lipinski definition) is 1. The number of aromatic hydroxyl groups is 1. The summed E-state index contributed by atoms with van der Waals surface area (Å²) in [4.78, 5) is 10.8. The van der Waals surface area contributed by atoms with E-state index in [1.165, 1.54) is 5.56 Å². The highest BCUT2D eigenvalue weighted by atomic mass is 16.3. The van der Waals surface area contributed by atoms with Crippen molar-refractivity contribution >= 4 is 5.78 Å². The molecule has 0 atom stereocenters. The first kappa shape index (κ1) is 13.9. The van der Waals surface area contributed by atoms with Crippen molar-refractivity contribution in [3.8, 4) is 5.75 Å². The van der Waals surface area contributed by atoms with Gasteiger partial charge in [-0.05, 0) is 25.1 Å². The van der Waals surface area contributed by atoms with Crippen molar-refractivity contribution in [2.24, 2.45) is 7.05 Å². The number of pyridine rings is 1. The summed E-state index contributed by atoms with van der Waals surface area (Å²) in [5.41, 5.74) is 1.91. The summed E-state index contributed by atoms with van der Waals surface area (Å²) in [5.74, 6) is 0.429. The first-order chi connectivity index (χ1) is 8.50. The monoisotopic (exact) mass is 244 g/mol. The number of phenols is 1. The van der Waals surface area contributed by atoms with Gasteiger partial charge in [0, 0.05) is 19.1 Å². The molecule has 0 aliphatic rings. The number of ketones is 1. The molecule has 0 amide bonds. The largest absolute Gasteiger partial charge is 0.508 e. The zero-order valence-electron chi connectivity index (χ0n) is 10.9. The Morgan fingerprint density at radius 2 is 1.72 bits per heavy atom. The second-order valence-corrected chi connectivity index (χ2v) is 4.09. The highest BCUT2D eigenvalue weighted by Gasteiger charge is 2.08. The van der Waals surface area contributed by atoms with E-state index in [2.05, 4.69) is 0 Å². The van der Waals surface area contributed by atoms with Gasteiger partial charge in [-0.25, -0.2) is 0 Å². The number of aromatic nitrogens is 1. The molecule has 0 unspecified atom stereocenters. The van der Waals surface area contributed by atoms with Gasteiger partial charge in [-0.1, -0.05) is 17.7 Å². The lowest BCUT2D eigenvalue weighted by Gasteiger charge is -1.91. The lowest BCUT2D eigenvalue weighted by atomic mass is 10.2. The average Bonchev–Trinajstić information content (AvgIpc) is 2.34. The van der Waals surface area contributed by atoms with Crippen molar-refractivity contribution in [1.29, 1.82) is 0 Å². The quantitative estimate of drug-likeness (QED) is 0.618. The van der Waals surface area contributed by atoms with Crippen molar-refractivity contribution in [3.63, 3.8) is 0 Å². The minimum atomic E-state index is 0.100. The molecule has 3 nitrogen and oxygen atoms in total. The van der Waals surface area contributed by atoms with Gasteiger partial charge in [0.15, 0.2) is 6.20 Å². The van der Waals surface area contributed by atoms with Crippen LogP contribution in [0.5, 0.6) is 5.75 Å². The summed E-state index contributed by atoms with van der Waals surface area (Å²) >= 11 is 0. The van der Waals surface area contributed by atoms with E-state index in [0.29, 0.717) is 5.75 Å². The topological polar surface area (TPSA) is 41.2 Å². The minimum Gasteiger partial charge on any atom is -0.508 e. The van der Waals surface area contributed by atoms with Gasteiger partial charge in [0.2, 0.25) is 11.5 Å². The minimum absolute atomic E-state index is 0.100. The van der Waals surface area contributed by atoms with Crippen LogP contribution in [0.3, 0.4) is 0 Å². The van der Waals surface area contributed by atoms with Crippen LogP contribution in [-0.4, -0.2) is 10.9 Å². The Bertz CT molecular complexity index is 497. The first-order valence-electron chi connectivity index (χ1n) is 5.72. The molecule has 2 rings (SSSR count). The molecule has 18 heavy (non-hydrogen) atoms. The van der Waals surface area contributed by atoms with Gasteiger partial charge in [0.1, 0.15) is 12.8 Å². The van der Waals surface area contributed by atoms with Crippen LogP contribution in [0, 0.1) is 6.92 Å². The molecule has 0 saturated carbocycles. The van der Waals surface area contributed by atoms with E-state index < -0.39 is 0 Å². The van der Waals surface area contributed by atoms with Crippen molar-refractivity contribution in [2.45, 2.75) is 13.8 Å². The third-order valence-corrected chi connectivity index (χ3v) is 2.45. The Morgan fingerprint density at radius 3 is 2.11 bits per heavy atom. The number of hydrogen-bond acceptors (Lipinski definition) is 2. The molecule has 0 fully saturated rings. The van der Waals surface area contributed by atoms with Crippen LogP contribution < -0.4 is 4.57 Å². The molecule has 1 heterocycles. The van der Waals surface area contributed by atoms with Crippen LogP contribution in [0.1, 0.15) is 23.0 Å². The zero-order chi connectivity index (χ0) is 13.5. The molecule has 0 saturated heterocycles. The second-order valence-electron chi connectivity index (χ2n) is 4.09. The SMILES string of the molecule is CC(=O)c1cccc[n+]1C.Cc1ccc(O)cc1. The molecule has 0 bridgehead atoms. The van der Waals surface area contributed by atoms with E-state index in [-0.39, 0.29) is 5.78 Å². The first-order valence-corrected chi connectivity index (χ1v) is 5.72. The van der Waals surface area contributed by atoms with Crippen LogP contribution in [0.2, 0.25) is 0 Å². The third-order valence-electron chi connectivity index (χ3n) is 2.45. The summed E-state index contributed by atoms with van der Waals surface area (Å²) in [5, 5.41) is 8.76. The van der Waals surface area contributed by atoms with E-state index in [1.54, 1.807) is 19.1 Å². The number of carbonyl (C=O) groups is 1. The van der Waals surface area contributed by atoms with Gasteiger partial charge in [-0.15, -0.1) is 0 Å². The molecule has 0 aliphatic carbocycles. The summed E-state index contributed by atoms with van der Waals surface area (Å²) < 4.78 is 1.81. The maximum absolute atomic E-state index is 10.8. The van der Waals surface area contributed by atoms with Crippen molar-refractivity contribution in [3.05, 3.63) is 59.9 Å². The molecule has 0 radical (unpaired) electrons. The van der Waals surface area contributed by atoms with Crippen LogP contribution in [0.4, 0.5) is 0 Å². The van der Waals surface area contributed by atoms with Crippen LogP contribution in [0.25, 0.3) is 0 Å². The van der Waals surface area contributed by atoms with Crippen molar-refractivity contribution in [1.82, 2.24) is 0 Å². The Labute approximate surface area is 107 Å².